The molecule has 2 aromatic rings. The van der Waals surface area contributed by atoms with E-state index in [4.69, 9.17) is 0 Å². The molecule has 0 aliphatic rings. The van der Waals surface area contributed by atoms with E-state index in [-0.39, 0.29) is 13.1 Å². The maximum absolute atomic E-state index is 13.0. The van der Waals surface area contributed by atoms with Gasteiger partial charge in [-0.2, -0.15) is 0 Å². The summed E-state index contributed by atoms with van der Waals surface area (Å²) in [5.41, 5.74) is 2.37. The molecule has 0 spiro atoms. The quantitative estimate of drug-likeness (QED) is 0.641. The zero-order chi connectivity index (χ0) is 16.1. The third kappa shape index (κ3) is 4.52. The van der Waals surface area contributed by atoms with Crippen LogP contribution in [0.15, 0.2) is 48.5 Å². The normalized spacial score (nSPS) is 12.4. The molecule has 0 N–H and O–H groups in total. The van der Waals surface area contributed by atoms with Crippen LogP contribution in [0.1, 0.15) is 5.56 Å². The van der Waals surface area contributed by atoms with Gasteiger partial charge in [0, 0.05) is 0 Å². The zero-order valence-corrected chi connectivity index (χ0v) is 16.9. The van der Waals surface area contributed by atoms with Crippen LogP contribution in [-0.4, -0.2) is 58.2 Å². The van der Waals surface area contributed by atoms with E-state index in [1.54, 1.807) is 0 Å². The molecule has 3 nitrogen and oxygen atoms in total. The molecule has 1 atom stereocenters. The van der Waals surface area contributed by atoms with E-state index in [1.165, 1.54) is 10.0 Å². The van der Waals surface area contributed by atoms with E-state index in [0.29, 0.717) is 0 Å². The molecule has 0 aromatic heterocycles. The molecule has 0 aliphatic carbocycles. The average molecular weight is 428 g/mol. The Morgan fingerprint density at radius 1 is 0.955 bits per heavy atom. The Hall–Kier alpha value is -0.961. The van der Waals surface area contributed by atoms with Crippen molar-refractivity contribution in [1.29, 1.82) is 0 Å². The Morgan fingerprint density at radius 2 is 1.59 bits per heavy atom. The van der Waals surface area contributed by atoms with Gasteiger partial charge in [0.1, 0.15) is 0 Å². The first-order valence-electron chi connectivity index (χ1n) is 7.08. The molecule has 0 radical (unpaired) electrons. The predicted molar refractivity (Wildman–Crippen MR) is 96.1 cm³/mol. The summed E-state index contributed by atoms with van der Waals surface area (Å²) in [7, 11) is 8.14. The Morgan fingerprint density at radius 3 is 2.27 bits per heavy atom. The number of hydrogen-bond acceptors (Lipinski definition) is 3. The second-order valence-electron chi connectivity index (χ2n) is 5.53. The van der Waals surface area contributed by atoms with Crippen molar-refractivity contribution in [3.05, 3.63) is 54.1 Å². The van der Waals surface area contributed by atoms with Gasteiger partial charge in [-0.15, -0.1) is 0 Å². The maximum atomic E-state index is 13.0. The summed E-state index contributed by atoms with van der Waals surface area (Å²) in [5.74, 6) is 0. The summed E-state index contributed by atoms with van der Waals surface area (Å²) < 4.78 is 15.3. The van der Waals surface area contributed by atoms with Gasteiger partial charge in [0.25, 0.3) is 0 Å². The Bertz CT molecular complexity index is 657. The first-order valence-corrected chi connectivity index (χ1v) is 13.8. The van der Waals surface area contributed by atoms with Crippen LogP contribution in [0.25, 0.3) is 0 Å². The number of anilines is 1. The van der Waals surface area contributed by atoms with Crippen LogP contribution in [-0.2, 0) is 10.4 Å². The number of nitrogens with zero attached hydrogens (tertiary/aromatic N) is 2. The van der Waals surface area contributed by atoms with Gasteiger partial charge >= 0.3 is 142 Å². The summed E-state index contributed by atoms with van der Waals surface area (Å²) in [6.45, 7) is 0.895. The second kappa shape index (κ2) is 8.05. The van der Waals surface area contributed by atoms with Crippen molar-refractivity contribution < 1.29 is 3.83 Å². The van der Waals surface area contributed by atoms with Crippen molar-refractivity contribution in [1.82, 2.24) is 4.90 Å². The third-order valence-corrected chi connectivity index (χ3v) is 11.7. The average Bonchev–Trinajstić information content (AvgIpc) is 2.48. The van der Waals surface area contributed by atoms with E-state index in [1.807, 2.05) is 49.3 Å². The Balaban J connectivity index is 2.27. The molecule has 0 amide bonds. The molecule has 1 unspecified atom stereocenters. The third-order valence-electron chi connectivity index (χ3n) is 3.15. The molecule has 0 heterocycles. The number of hydrogen-bond donors (Lipinski definition) is 0. The molecule has 2 aromatic carbocycles. The van der Waals surface area contributed by atoms with Crippen LogP contribution in [0.3, 0.4) is 0 Å². The number of benzene rings is 2. The standard InChI is InChI=1S/C17H22N2OSe2/c1-18(2)13-14-9-5-7-11-16(14)21-22(20)17-12-8-6-10-15(17)19(3)4/h5-12H,13H2,1-4H3. The summed E-state index contributed by atoms with van der Waals surface area (Å²) in [6.07, 6.45) is 0. The van der Waals surface area contributed by atoms with Gasteiger partial charge in [0.15, 0.2) is 0 Å². The molecule has 2 rings (SSSR count). The van der Waals surface area contributed by atoms with Crippen LogP contribution < -0.4 is 13.8 Å². The van der Waals surface area contributed by atoms with Crippen molar-refractivity contribution >= 4 is 39.7 Å². The van der Waals surface area contributed by atoms with Gasteiger partial charge in [-0.1, -0.05) is 0 Å². The van der Waals surface area contributed by atoms with E-state index in [9.17, 15) is 3.83 Å². The van der Waals surface area contributed by atoms with Crippen molar-refractivity contribution in [2.45, 2.75) is 6.54 Å². The van der Waals surface area contributed by atoms with E-state index in [0.717, 1.165) is 16.7 Å². The van der Waals surface area contributed by atoms with Crippen LogP contribution in [0.2, 0.25) is 0 Å². The van der Waals surface area contributed by atoms with E-state index >= 15 is 0 Å². The Kier molecular flexibility index (Phi) is 6.36. The fourth-order valence-corrected chi connectivity index (χ4v) is 10.8. The first-order chi connectivity index (χ1) is 10.5. The molecule has 22 heavy (non-hydrogen) atoms. The van der Waals surface area contributed by atoms with E-state index < -0.39 is 12.0 Å². The van der Waals surface area contributed by atoms with Gasteiger partial charge in [-0.3, -0.25) is 0 Å². The molecule has 118 valence electrons. The summed E-state index contributed by atoms with van der Waals surface area (Å²) in [5, 5.41) is 0. The van der Waals surface area contributed by atoms with Gasteiger partial charge in [-0.05, 0) is 0 Å². The molecule has 0 saturated heterocycles. The van der Waals surface area contributed by atoms with Crippen LogP contribution in [0.4, 0.5) is 5.69 Å². The van der Waals surface area contributed by atoms with Crippen molar-refractivity contribution in [3.8, 4) is 0 Å². The molecule has 0 aliphatic heterocycles. The Labute approximate surface area is 142 Å². The number of rotatable bonds is 6. The molecule has 0 saturated carbocycles. The fraction of sp³-hybridized carbons (Fsp3) is 0.294. The molecule has 0 bridgehead atoms. The number of para-hydroxylation sites is 1. The van der Waals surface area contributed by atoms with Crippen molar-refractivity contribution in [2.75, 3.05) is 33.1 Å². The second-order valence-corrected chi connectivity index (χ2v) is 13.8. The first kappa shape index (κ1) is 17.4. The summed E-state index contributed by atoms with van der Waals surface area (Å²) >= 11 is -2.05. The van der Waals surface area contributed by atoms with Gasteiger partial charge in [0.2, 0.25) is 0 Å². The van der Waals surface area contributed by atoms with Gasteiger partial charge in [-0.25, -0.2) is 0 Å². The van der Waals surface area contributed by atoms with Crippen molar-refractivity contribution in [2.24, 2.45) is 0 Å². The van der Waals surface area contributed by atoms with Crippen LogP contribution in [0.5, 0.6) is 0 Å². The SMILES string of the molecule is CN(C)Cc1ccccc1[Se][Se](=O)c1ccccc1N(C)C. The molecular weight excluding hydrogens is 406 g/mol. The van der Waals surface area contributed by atoms with Gasteiger partial charge in [0.05, 0.1) is 0 Å². The van der Waals surface area contributed by atoms with Crippen LogP contribution >= 0.6 is 0 Å². The van der Waals surface area contributed by atoms with Gasteiger partial charge < -0.3 is 0 Å². The zero-order valence-electron chi connectivity index (χ0n) is 13.4. The predicted octanol–water partition coefficient (Wildman–Crippen LogP) is 0.970. The van der Waals surface area contributed by atoms with Crippen molar-refractivity contribution in [3.63, 3.8) is 0 Å². The summed E-state index contributed by atoms with van der Waals surface area (Å²) in [4.78, 5) is 4.20. The monoisotopic (exact) mass is 430 g/mol. The fourth-order valence-electron chi connectivity index (χ4n) is 2.15. The molecule has 0 fully saturated rings. The summed E-state index contributed by atoms with van der Waals surface area (Å²) in [6, 6.07) is 16.4. The van der Waals surface area contributed by atoms with Crippen LogP contribution in [0, 0.1) is 0 Å². The topological polar surface area (TPSA) is 23.6 Å². The minimum absolute atomic E-state index is 0.00127. The molecular formula is C17H22N2OSe2. The minimum atomic E-state index is -2.05. The molecule has 5 heteroatoms. The van der Waals surface area contributed by atoms with E-state index in [2.05, 4.69) is 37.2 Å².